The molecule has 0 saturated heterocycles. The van der Waals surface area contributed by atoms with Crippen LogP contribution in [0.1, 0.15) is 25.5 Å². The molecule has 0 heterocycles. The van der Waals surface area contributed by atoms with E-state index in [0.29, 0.717) is 11.3 Å². The van der Waals surface area contributed by atoms with E-state index in [4.69, 9.17) is 16.2 Å². The molecule has 0 bridgehead atoms. The molecule has 0 aliphatic carbocycles. The molecule has 0 spiro atoms. The minimum Gasteiger partial charge on any atom is -0.469 e. The number of hydrogen-bond donors (Lipinski definition) is 2. The first-order chi connectivity index (χ1) is 8.21. The Kier molecular flexibility index (Phi) is 6.82. The Bertz CT molecular complexity index is 481. The molecule has 4 N–H and O–H groups in total. The minimum absolute atomic E-state index is 0. The number of ether oxygens (including phenoxy) is 1. The summed E-state index contributed by atoms with van der Waals surface area (Å²) in [6.07, 6.45) is 0. The van der Waals surface area contributed by atoms with Crippen molar-refractivity contribution < 1.29 is 9.53 Å². The smallest absolute Gasteiger partial charge is 0.313 e. The van der Waals surface area contributed by atoms with Crippen molar-refractivity contribution >= 4 is 55.9 Å². The Hall–Kier alpha value is -0.300. The lowest BCUT2D eigenvalue weighted by Gasteiger charge is -2.30. The van der Waals surface area contributed by atoms with Crippen LogP contribution in [-0.4, -0.2) is 13.1 Å². The van der Waals surface area contributed by atoms with Gasteiger partial charge in [-0.1, -0.05) is 15.9 Å². The highest BCUT2D eigenvalue weighted by Gasteiger charge is 2.37. The Morgan fingerprint density at radius 1 is 1.37 bits per heavy atom. The zero-order chi connectivity index (χ0) is 14.1. The van der Waals surface area contributed by atoms with Crippen molar-refractivity contribution in [3.05, 3.63) is 26.6 Å². The summed E-state index contributed by atoms with van der Waals surface area (Å²) >= 11 is 6.74. The number of hydrogen-bond acceptors (Lipinski definition) is 4. The predicted molar refractivity (Wildman–Crippen MR) is 86.2 cm³/mol. The molecule has 0 fully saturated rings. The SMILES string of the molecule is COC(=O)C(C)(C)[C@H](N)c1cc(Br)cc(Br)c1N.Cl. The second-order valence-corrected chi connectivity index (χ2v) is 6.35. The van der Waals surface area contributed by atoms with Crippen LogP contribution in [0.15, 0.2) is 21.1 Å². The molecule has 4 nitrogen and oxygen atoms in total. The van der Waals surface area contributed by atoms with Crippen LogP contribution in [0, 0.1) is 5.41 Å². The van der Waals surface area contributed by atoms with Gasteiger partial charge in [0.15, 0.2) is 0 Å². The van der Waals surface area contributed by atoms with Crippen LogP contribution in [0.3, 0.4) is 0 Å². The summed E-state index contributed by atoms with van der Waals surface area (Å²) in [5, 5.41) is 0. The van der Waals surface area contributed by atoms with Gasteiger partial charge in [-0.05, 0) is 47.5 Å². The zero-order valence-corrected chi connectivity index (χ0v) is 14.9. The molecule has 1 atom stereocenters. The van der Waals surface area contributed by atoms with E-state index >= 15 is 0 Å². The molecule has 0 aromatic heterocycles. The number of rotatable bonds is 3. The molecule has 7 heteroatoms. The third-order valence-electron chi connectivity index (χ3n) is 2.95. The van der Waals surface area contributed by atoms with E-state index in [9.17, 15) is 4.79 Å². The fraction of sp³-hybridized carbons (Fsp3) is 0.417. The molecule has 1 aromatic rings. The number of carbonyl (C=O) groups is 1. The molecule has 0 radical (unpaired) electrons. The Morgan fingerprint density at radius 3 is 2.37 bits per heavy atom. The van der Waals surface area contributed by atoms with Crippen LogP contribution < -0.4 is 11.5 Å². The lowest BCUT2D eigenvalue weighted by molar-refractivity contribution is -0.152. The van der Waals surface area contributed by atoms with E-state index in [2.05, 4.69) is 31.9 Å². The number of nitrogens with two attached hydrogens (primary N) is 2. The van der Waals surface area contributed by atoms with Gasteiger partial charge in [-0.15, -0.1) is 12.4 Å². The van der Waals surface area contributed by atoms with Gasteiger partial charge in [-0.3, -0.25) is 4.79 Å². The van der Waals surface area contributed by atoms with Gasteiger partial charge in [-0.2, -0.15) is 0 Å². The van der Waals surface area contributed by atoms with Crippen molar-refractivity contribution in [1.82, 2.24) is 0 Å². The first-order valence-corrected chi connectivity index (χ1v) is 6.88. The summed E-state index contributed by atoms with van der Waals surface area (Å²) < 4.78 is 6.36. The van der Waals surface area contributed by atoms with Gasteiger partial charge in [0, 0.05) is 15.0 Å². The van der Waals surface area contributed by atoms with E-state index in [1.54, 1.807) is 13.8 Å². The second kappa shape index (κ2) is 6.92. The van der Waals surface area contributed by atoms with Crippen molar-refractivity contribution in [2.45, 2.75) is 19.9 Å². The molecule has 0 amide bonds. The average Bonchev–Trinajstić information content (AvgIpc) is 2.31. The highest BCUT2D eigenvalue weighted by molar-refractivity contribution is 9.11. The van der Waals surface area contributed by atoms with Gasteiger partial charge in [0.1, 0.15) is 0 Å². The van der Waals surface area contributed by atoms with Gasteiger partial charge < -0.3 is 16.2 Å². The van der Waals surface area contributed by atoms with Crippen molar-refractivity contribution in [3.8, 4) is 0 Å². The van der Waals surface area contributed by atoms with Crippen LogP contribution in [0.25, 0.3) is 0 Å². The lowest BCUT2D eigenvalue weighted by Crippen LogP contribution is -2.37. The third-order valence-corrected chi connectivity index (χ3v) is 4.06. The number of nitrogen functional groups attached to an aromatic ring is 1. The van der Waals surface area contributed by atoms with E-state index in [-0.39, 0.29) is 18.4 Å². The molecule has 0 aliphatic heterocycles. The normalized spacial score (nSPS) is 12.5. The van der Waals surface area contributed by atoms with Gasteiger partial charge in [0.05, 0.1) is 18.2 Å². The Morgan fingerprint density at radius 2 is 1.89 bits per heavy atom. The Labute approximate surface area is 135 Å². The first kappa shape index (κ1) is 18.7. The standard InChI is InChI=1S/C12H16Br2N2O2.ClH/c1-12(2,11(17)18-3)10(16)7-4-6(13)5-8(14)9(7)15;/h4-5,10H,15-16H2,1-3H3;1H/t10-;/m1./s1. The van der Waals surface area contributed by atoms with Crippen LogP contribution in [0.4, 0.5) is 5.69 Å². The highest BCUT2D eigenvalue weighted by Crippen LogP contribution is 2.39. The number of carbonyl (C=O) groups excluding carboxylic acids is 1. The molecular weight excluding hydrogens is 399 g/mol. The number of benzene rings is 1. The lowest BCUT2D eigenvalue weighted by atomic mass is 9.80. The number of esters is 1. The fourth-order valence-electron chi connectivity index (χ4n) is 1.64. The topological polar surface area (TPSA) is 78.3 Å². The van der Waals surface area contributed by atoms with Crippen LogP contribution in [0.2, 0.25) is 0 Å². The molecule has 108 valence electrons. The van der Waals surface area contributed by atoms with E-state index in [1.807, 2.05) is 12.1 Å². The second-order valence-electron chi connectivity index (χ2n) is 4.58. The molecule has 0 aliphatic rings. The summed E-state index contributed by atoms with van der Waals surface area (Å²) in [6.45, 7) is 3.47. The van der Waals surface area contributed by atoms with Gasteiger partial charge >= 0.3 is 5.97 Å². The molecule has 19 heavy (non-hydrogen) atoms. The summed E-state index contributed by atoms with van der Waals surface area (Å²) in [7, 11) is 1.34. The summed E-state index contributed by atoms with van der Waals surface area (Å²) in [6, 6.07) is 3.09. The van der Waals surface area contributed by atoms with Crippen molar-refractivity contribution in [2.75, 3.05) is 12.8 Å². The highest BCUT2D eigenvalue weighted by atomic mass is 79.9. The maximum absolute atomic E-state index is 11.8. The zero-order valence-electron chi connectivity index (χ0n) is 10.9. The van der Waals surface area contributed by atoms with Gasteiger partial charge in [0.25, 0.3) is 0 Å². The van der Waals surface area contributed by atoms with E-state index in [1.165, 1.54) is 7.11 Å². The van der Waals surface area contributed by atoms with Crippen molar-refractivity contribution in [3.63, 3.8) is 0 Å². The van der Waals surface area contributed by atoms with Crippen molar-refractivity contribution in [1.29, 1.82) is 0 Å². The summed E-state index contributed by atoms with van der Waals surface area (Å²) in [5.41, 5.74) is 12.5. The number of methoxy groups -OCH3 is 1. The summed E-state index contributed by atoms with van der Waals surface area (Å²) in [5.74, 6) is -0.370. The molecule has 0 saturated carbocycles. The maximum atomic E-state index is 11.8. The number of anilines is 1. The fourth-order valence-corrected chi connectivity index (χ4v) is 2.90. The van der Waals surface area contributed by atoms with Crippen LogP contribution in [0.5, 0.6) is 0 Å². The van der Waals surface area contributed by atoms with Crippen molar-refractivity contribution in [2.24, 2.45) is 11.1 Å². The molecule has 1 aromatic carbocycles. The van der Waals surface area contributed by atoms with E-state index in [0.717, 1.165) is 8.95 Å². The third kappa shape index (κ3) is 3.84. The van der Waals surface area contributed by atoms with Crippen LogP contribution >= 0.6 is 44.3 Å². The average molecular weight is 417 g/mol. The first-order valence-electron chi connectivity index (χ1n) is 5.30. The van der Waals surface area contributed by atoms with E-state index < -0.39 is 11.5 Å². The van der Waals surface area contributed by atoms with Crippen LogP contribution in [-0.2, 0) is 9.53 Å². The Balaban J connectivity index is 0.00000324. The number of halogens is 3. The van der Waals surface area contributed by atoms with Gasteiger partial charge in [0.2, 0.25) is 0 Å². The molecule has 0 unspecified atom stereocenters. The maximum Gasteiger partial charge on any atom is 0.313 e. The minimum atomic E-state index is -0.858. The molecule has 1 rings (SSSR count). The molecular formula is C12H17Br2ClN2O2. The monoisotopic (exact) mass is 414 g/mol. The summed E-state index contributed by atoms with van der Waals surface area (Å²) in [4.78, 5) is 11.8. The predicted octanol–water partition coefficient (Wildman–Crippen LogP) is 3.41. The quantitative estimate of drug-likeness (QED) is 0.585. The van der Waals surface area contributed by atoms with Gasteiger partial charge in [-0.25, -0.2) is 0 Å². The largest absolute Gasteiger partial charge is 0.469 e.